The first-order chi connectivity index (χ1) is 14.7. The molecule has 1 aromatic heterocycles. The fraction of sp³-hybridized carbons (Fsp3) is 0.476. The number of nitrogens with one attached hydrogen (secondary N) is 1. The van der Waals surface area contributed by atoms with Crippen LogP contribution < -0.4 is 9.62 Å². The van der Waals surface area contributed by atoms with E-state index in [-0.39, 0.29) is 21.9 Å². The van der Waals surface area contributed by atoms with Gasteiger partial charge in [-0.15, -0.1) is 0 Å². The highest BCUT2D eigenvalue weighted by Gasteiger charge is 2.48. The molecule has 10 heteroatoms. The predicted molar refractivity (Wildman–Crippen MR) is 116 cm³/mol. The number of aromatic nitrogens is 1. The molecule has 2 heterocycles. The average Bonchev–Trinajstić information content (AvgIpc) is 3.32. The molecule has 2 unspecified atom stereocenters. The Kier molecular flexibility index (Phi) is 6.20. The summed E-state index contributed by atoms with van der Waals surface area (Å²) in [4.78, 5) is 6.95. The number of benzene rings is 1. The molecule has 168 valence electrons. The Balaban J connectivity index is 1.60. The van der Waals surface area contributed by atoms with E-state index in [0.717, 1.165) is 37.8 Å². The fourth-order valence-electron chi connectivity index (χ4n) is 5.08. The van der Waals surface area contributed by atoms with E-state index in [2.05, 4.69) is 28.7 Å². The van der Waals surface area contributed by atoms with Crippen LogP contribution in [-0.4, -0.2) is 47.3 Å². The lowest BCUT2D eigenvalue weighted by atomic mass is 9.81. The van der Waals surface area contributed by atoms with Crippen LogP contribution in [0.5, 0.6) is 0 Å². The molecular formula is C21H24ClF3N4OS. The summed E-state index contributed by atoms with van der Waals surface area (Å²) in [5.41, 5.74) is 0.342. The van der Waals surface area contributed by atoms with Crippen LogP contribution >= 0.6 is 11.6 Å². The van der Waals surface area contributed by atoms with Crippen molar-refractivity contribution in [3.8, 4) is 0 Å². The molecule has 1 aliphatic carbocycles. The topological polar surface area (TPSA) is 48.5 Å². The first-order valence-corrected chi connectivity index (χ1v) is 11.6. The van der Waals surface area contributed by atoms with Gasteiger partial charge in [0.05, 0.1) is 5.69 Å². The Morgan fingerprint density at radius 2 is 2.06 bits per heavy atom. The van der Waals surface area contributed by atoms with Gasteiger partial charge in [0.25, 0.3) is 0 Å². The standard InChI is InChI=1S/C21H24ClF3N4OS/c1-28(2)15-5-4-8-21(15)9-10-29(12-21)14-11-13(23)20(19(25)18(14)22)31(30)27-17-7-3-6-16(24)26-17/h3,6-7,11,15H,4-5,8-10,12H2,1-2H3,(H,26,27)/t15?,21-,31?/m1/s1. The quantitative estimate of drug-likeness (QED) is 0.510. The molecule has 1 aromatic carbocycles. The van der Waals surface area contributed by atoms with Crippen molar-refractivity contribution in [3.05, 3.63) is 46.9 Å². The zero-order valence-electron chi connectivity index (χ0n) is 17.3. The van der Waals surface area contributed by atoms with Crippen LogP contribution in [0.2, 0.25) is 5.02 Å². The van der Waals surface area contributed by atoms with Crippen molar-refractivity contribution in [1.82, 2.24) is 9.88 Å². The van der Waals surface area contributed by atoms with Gasteiger partial charge in [0.1, 0.15) is 21.6 Å². The van der Waals surface area contributed by atoms with Crippen molar-refractivity contribution >= 4 is 34.1 Å². The molecule has 1 saturated carbocycles. The van der Waals surface area contributed by atoms with Crippen LogP contribution in [0.1, 0.15) is 25.7 Å². The second-order valence-electron chi connectivity index (χ2n) is 8.46. The molecule has 2 aromatic rings. The van der Waals surface area contributed by atoms with Gasteiger partial charge in [-0.05, 0) is 45.5 Å². The third-order valence-electron chi connectivity index (χ3n) is 6.40. The highest BCUT2D eigenvalue weighted by molar-refractivity contribution is 7.86. The molecule has 0 amide bonds. The molecule has 0 bridgehead atoms. The number of pyridine rings is 1. The summed E-state index contributed by atoms with van der Waals surface area (Å²) in [6, 6.07) is 5.35. The van der Waals surface area contributed by atoms with Gasteiger partial charge in [0.15, 0.2) is 16.8 Å². The first-order valence-electron chi connectivity index (χ1n) is 10.1. The highest BCUT2D eigenvalue weighted by Crippen LogP contribution is 2.49. The van der Waals surface area contributed by atoms with Crippen LogP contribution in [0.15, 0.2) is 29.2 Å². The number of hydrogen-bond donors (Lipinski definition) is 1. The fourth-order valence-corrected chi connectivity index (χ4v) is 6.31. The van der Waals surface area contributed by atoms with E-state index in [4.69, 9.17) is 11.6 Å². The van der Waals surface area contributed by atoms with Gasteiger partial charge in [-0.1, -0.05) is 24.1 Å². The van der Waals surface area contributed by atoms with E-state index in [0.29, 0.717) is 19.1 Å². The summed E-state index contributed by atoms with van der Waals surface area (Å²) in [6.07, 6.45) is 4.23. The number of hydrogen-bond acceptors (Lipinski definition) is 4. The predicted octanol–water partition coefficient (Wildman–Crippen LogP) is 4.60. The Morgan fingerprint density at radius 1 is 1.29 bits per heavy atom. The van der Waals surface area contributed by atoms with Crippen molar-refractivity contribution in [2.45, 2.75) is 36.6 Å². The smallest absolute Gasteiger partial charge is 0.214 e. The Hall–Kier alpha value is -1.84. The van der Waals surface area contributed by atoms with Gasteiger partial charge in [-0.3, -0.25) is 4.72 Å². The first kappa shape index (κ1) is 22.4. The minimum absolute atomic E-state index is 0.0753. The van der Waals surface area contributed by atoms with Gasteiger partial charge < -0.3 is 9.80 Å². The largest absolute Gasteiger partial charge is 0.370 e. The maximum absolute atomic E-state index is 15.0. The molecule has 3 atom stereocenters. The van der Waals surface area contributed by atoms with Gasteiger partial charge in [0, 0.05) is 30.6 Å². The van der Waals surface area contributed by atoms with Crippen molar-refractivity contribution in [2.75, 3.05) is 36.8 Å². The van der Waals surface area contributed by atoms with E-state index in [1.54, 1.807) is 0 Å². The summed E-state index contributed by atoms with van der Waals surface area (Å²) in [6.45, 7) is 1.32. The summed E-state index contributed by atoms with van der Waals surface area (Å²) in [5.74, 6) is -2.97. The van der Waals surface area contributed by atoms with Gasteiger partial charge >= 0.3 is 0 Å². The Bertz CT molecular complexity index is 1020. The molecular weight excluding hydrogens is 449 g/mol. The minimum atomic E-state index is -2.35. The highest BCUT2D eigenvalue weighted by atomic mass is 35.5. The van der Waals surface area contributed by atoms with Gasteiger partial charge in [-0.2, -0.15) is 4.39 Å². The number of halogens is 4. The SMILES string of the molecule is CN(C)C1CCC[C@]12CCN(c1cc(F)c(S(=O)Nc3cccc(F)n3)c(F)c1Cl)C2. The van der Waals surface area contributed by atoms with Crippen LogP contribution in [-0.2, 0) is 11.0 Å². The molecule has 1 aliphatic heterocycles. The lowest BCUT2D eigenvalue weighted by Gasteiger charge is -2.36. The minimum Gasteiger partial charge on any atom is -0.370 e. The second kappa shape index (κ2) is 8.60. The lowest BCUT2D eigenvalue weighted by molar-refractivity contribution is 0.153. The average molecular weight is 473 g/mol. The summed E-state index contributed by atoms with van der Waals surface area (Å²) >= 11 is 6.29. The van der Waals surface area contributed by atoms with E-state index in [1.807, 2.05) is 4.90 Å². The molecule has 5 nitrogen and oxygen atoms in total. The Morgan fingerprint density at radius 3 is 2.77 bits per heavy atom. The molecule has 2 aliphatic rings. The van der Waals surface area contributed by atoms with Crippen molar-refractivity contribution < 1.29 is 17.4 Å². The van der Waals surface area contributed by atoms with Gasteiger partial charge in [0.2, 0.25) is 5.95 Å². The monoisotopic (exact) mass is 472 g/mol. The molecule has 2 fully saturated rings. The van der Waals surface area contributed by atoms with E-state index >= 15 is 4.39 Å². The van der Waals surface area contributed by atoms with Crippen molar-refractivity contribution in [2.24, 2.45) is 5.41 Å². The maximum atomic E-state index is 15.0. The van der Waals surface area contributed by atoms with Crippen LogP contribution in [0.3, 0.4) is 0 Å². The van der Waals surface area contributed by atoms with Crippen LogP contribution in [0.4, 0.5) is 24.7 Å². The van der Waals surface area contributed by atoms with E-state index in [1.165, 1.54) is 12.1 Å². The second-order valence-corrected chi connectivity index (χ2v) is 9.98. The molecule has 1 N–H and O–H groups in total. The molecule has 31 heavy (non-hydrogen) atoms. The zero-order valence-corrected chi connectivity index (χ0v) is 18.9. The maximum Gasteiger partial charge on any atom is 0.214 e. The molecule has 1 saturated heterocycles. The van der Waals surface area contributed by atoms with Crippen LogP contribution in [0.25, 0.3) is 0 Å². The summed E-state index contributed by atoms with van der Waals surface area (Å²) < 4.78 is 58.1. The molecule has 0 radical (unpaired) electrons. The normalized spacial score (nSPS) is 24.4. The van der Waals surface area contributed by atoms with Gasteiger partial charge in [-0.25, -0.2) is 18.0 Å². The van der Waals surface area contributed by atoms with Crippen molar-refractivity contribution in [3.63, 3.8) is 0 Å². The number of anilines is 2. The molecule has 4 rings (SSSR count). The third kappa shape index (κ3) is 4.15. The Labute approximate surface area is 187 Å². The van der Waals surface area contributed by atoms with Crippen LogP contribution in [0, 0.1) is 23.0 Å². The number of rotatable bonds is 5. The summed E-state index contributed by atoms with van der Waals surface area (Å²) in [7, 11) is 1.79. The van der Waals surface area contributed by atoms with E-state index < -0.39 is 33.5 Å². The zero-order chi connectivity index (χ0) is 22.3. The van der Waals surface area contributed by atoms with E-state index in [9.17, 15) is 13.0 Å². The third-order valence-corrected chi connectivity index (χ3v) is 7.90. The summed E-state index contributed by atoms with van der Waals surface area (Å²) in [5, 5.41) is -0.268. The van der Waals surface area contributed by atoms with Crippen molar-refractivity contribution in [1.29, 1.82) is 0 Å². The molecule has 1 spiro atoms. The lowest BCUT2D eigenvalue weighted by Crippen LogP contribution is -2.42. The number of nitrogens with zero attached hydrogens (tertiary/aromatic N) is 3.